The number of hydrogen-bond donors (Lipinski definition) is 1. The van der Waals surface area contributed by atoms with Crippen molar-refractivity contribution in [2.75, 3.05) is 33.4 Å². The van der Waals surface area contributed by atoms with Crippen LogP contribution in [0.5, 0.6) is 0 Å². The zero-order valence-corrected chi connectivity index (χ0v) is 12.7. The van der Waals surface area contributed by atoms with E-state index in [1.165, 1.54) is 64.5 Å². The molecule has 1 saturated heterocycles. The van der Waals surface area contributed by atoms with Gasteiger partial charge in [-0.3, -0.25) is 4.90 Å². The van der Waals surface area contributed by atoms with Crippen LogP contribution in [0, 0.1) is 11.8 Å². The van der Waals surface area contributed by atoms with Crippen LogP contribution in [0.2, 0.25) is 0 Å². The van der Waals surface area contributed by atoms with Gasteiger partial charge >= 0.3 is 0 Å². The lowest BCUT2D eigenvalue weighted by molar-refractivity contribution is 0.0606. The molecule has 0 spiro atoms. The van der Waals surface area contributed by atoms with Crippen molar-refractivity contribution in [3.63, 3.8) is 0 Å². The Bertz CT molecular complexity index is 231. The van der Waals surface area contributed by atoms with Crippen LogP contribution in [0.3, 0.4) is 0 Å². The Kier molecular flexibility index (Phi) is 6.62. The molecule has 0 aromatic heterocycles. The Morgan fingerprint density at radius 1 is 1.05 bits per heavy atom. The van der Waals surface area contributed by atoms with Gasteiger partial charge in [0, 0.05) is 26.3 Å². The van der Waals surface area contributed by atoms with Gasteiger partial charge in [-0.15, -0.1) is 0 Å². The van der Waals surface area contributed by atoms with Gasteiger partial charge in [0.2, 0.25) is 0 Å². The van der Waals surface area contributed by atoms with Crippen LogP contribution < -0.4 is 5.73 Å². The van der Waals surface area contributed by atoms with Crippen LogP contribution in [-0.4, -0.2) is 44.3 Å². The van der Waals surface area contributed by atoms with Crippen molar-refractivity contribution in [1.82, 2.24) is 4.90 Å². The summed E-state index contributed by atoms with van der Waals surface area (Å²) < 4.78 is 5.29. The Hall–Kier alpha value is -0.120. The van der Waals surface area contributed by atoms with Crippen LogP contribution in [-0.2, 0) is 4.74 Å². The van der Waals surface area contributed by atoms with E-state index in [2.05, 4.69) is 4.90 Å². The molecular weight excluding hydrogens is 236 g/mol. The first-order chi connectivity index (χ1) is 9.35. The first-order valence-electron chi connectivity index (χ1n) is 8.28. The van der Waals surface area contributed by atoms with Gasteiger partial charge in [-0.05, 0) is 50.6 Å². The molecule has 1 saturated carbocycles. The van der Waals surface area contributed by atoms with Crippen molar-refractivity contribution in [3.05, 3.63) is 0 Å². The Balaban J connectivity index is 1.84. The Morgan fingerprint density at radius 3 is 2.21 bits per heavy atom. The fraction of sp³-hybridized carbons (Fsp3) is 1.00. The van der Waals surface area contributed by atoms with Crippen LogP contribution in [0.1, 0.15) is 51.4 Å². The van der Waals surface area contributed by atoms with Crippen LogP contribution in [0.15, 0.2) is 0 Å². The Morgan fingerprint density at radius 2 is 1.68 bits per heavy atom. The lowest BCUT2D eigenvalue weighted by Gasteiger charge is -2.40. The molecule has 0 radical (unpaired) electrons. The Labute approximate surface area is 118 Å². The average molecular weight is 268 g/mol. The number of rotatable bonds is 5. The number of piperidine rings is 1. The third-order valence-electron chi connectivity index (χ3n) is 5.21. The predicted molar refractivity (Wildman–Crippen MR) is 80.2 cm³/mol. The molecule has 1 heterocycles. The fourth-order valence-corrected chi connectivity index (χ4v) is 4.02. The summed E-state index contributed by atoms with van der Waals surface area (Å²) >= 11 is 0. The first-order valence-corrected chi connectivity index (χ1v) is 8.28. The lowest BCUT2D eigenvalue weighted by atomic mass is 9.88. The quantitative estimate of drug-likeness (QED) is 0.779. The molecule has 1 atom stereocenters. The summed E-state index contributed by atoms with van der Waals surface area (Å²) in [6, 6.07) is 0.640. The maximum atomic E-state index is 6.11. The molecule has 2 fully saturated rings. The summed E-state index contributed by atoms with van der Waals surface area (Å²) in [5, 5.41) is 0. The largest absolute Gasteiger partial charge is 0.384 e. The number of methoxy groups -OCH3 is 1. The minimum atomic E-state index is 0.640. The lowest BCUT2D eigenvalue weighted by Crippen LogP contribution is -2.49. The molecule has 0 aromatic rings. The highest BCUT2D eigenvalue weighted by Crippen LogP contribution is 2.30. The molecule has 3 nitrogen and oxygen atoms in total. The molecule has 3 heteroatoms. The average Bonchev–Trinajstić information content (AvgIpc) is 2.71. The van der Waals surface area contributed by atoms with E-state index in [-0.39, 0.29) is 0 Å². The highest BCUT2D eigenvalue weighted by molar-refractivity contribution is 4.85. The third kappa shape index (κ3) is 4.44. The highest BCUT2D eigenvalue weighted by atomic mass is 16.5. The van der Waals surface area contributed by atoms with Crippen LogP contribution >= 0.6 is 0 Å². The van der Waals surface area contributed by atoms with E-state index in [0.29, 0.717) is 6.04 Å². The first kappa shape index (κ1) is 15.3. The molecule has 2 rings (SSSR count). The van der Waals surface area contributed by atoms with Crippen LogP contribution in [0.25, 0.3) is 0 Å². The molecular formula is C16H32N2O. The number of hydrogen-bond acceptors (Lipinski definition) is 3. The molecule has 0 amide bonds. The highest BCUT2D eigenvalue weighted by Gasteiger charge is 2.29. The zero-order valence-electron chi connectivity index (χ0n) is 12.7. The van der Waals surface area contributed by atoms with Gasteiger partial charge in [-0.1, -0.05) is 25.7 Å². The van der Waals surface area contributed by atoms with E-state index in [4.69, 9.17) is 10.5 Å². The van der Waals surface area contributed by atoms with E-state index >= 15 is 0 Å². The van der Waals surface area contributed by atoms with Crippen LogP contribution in [0.4, 0.5) is 0 Å². The molecule has 19 heavy (non-hydrogen) atoms. The van der Waals surface area contributed by atoms with Gasteiger partial charge in [-0.2, -0.15) is 0 Å². The molecule has 0 aromatic carbocycles. The van der Waals surface area contributed by atoms with Gasteiger partial charge < -0.3 is 10.5 Å². The molecule has 1 aliphatic heterocycles. The number of ether oxygens (including phenoxy) is 1. The molecule has 112 valence electrons. The monoisotopic (exact) mass is 268 g/mol. The van der Waals surface area contributed by atoms with Crippen molar-refractivity contribution in [2.45, 2.75) is 57.4 Å². The second-order valence-electron chi connectivity index (χ2n) is 6.49. The summed E-state index contributed by atoms with van der Waals surface area (Å²) in [5.74, 6) is 1.63. The molecule has 1 unspecified atom stereocenters. The summed E-state index contributed by atoms with van der Waals surface area (Å²) in [7, 11) is 1.82. The summed E-state index contributed by atoms with van der Waals surface area (Å²) in [5.41, 5.74) is 6.11. The zero-order chi connectivity index (χ0) is 13.5. The van der Waals surface area contributed by atoms with E-state index in [0.717, 1.165) is 25.0 Å². The van der Waals surface area contributed by atoms with E-state index in [1.54, 1.807) is 0 Å². The summed E-state index contributed by atoms with van der Waals surface area (Å²) in [4.78, 5) is 2.68. The summed E-state index contributed by atoms with van der Waals surface area (Å²) in [6.07, 6.45) is 11.1. The summed E-state index contributed by atoms with van der Waals surface area (Å²) in [6.45, 7) is 4.24. The molecule has 0 bridgehead atoms. The van der Waals surface area contributed by atoms with Crippen molar-refractivity contribution in [2.24, 2.45) is 17.6 Å². The standard InChI is InChI=1S/C16H32N2O/c1-19-13-14-8-10-18(11-9-14)16(12-17)15-6-4-2-3-5-7-15/h14-16H,2-13,17H2,1H3. The second kappa shape index (κ2) is 8.23. The van der Waals surface area contributed by atoms with Crippen molar-refractivity contribution in [1.29, 1.82) is 0 Å². The molecule has 1 aliphatic carbocycles. The maximum absolute atomic E-state index is 6.11. The number of nitrogens with two attached hydrogens (primary N) is 1. The molecule has 2 N–H and O–H groups in total. The van der Waals surface area contributed by atoms with E-state index in [1.807, 2.05) is 7.11 Å². The number of nitrogens with zero attached hydrogens (tertiary/aromatic N) is 1. The maximum Gasteiger partial charge on any atom is 0.0491 e. The van der Waals surface area contributed by atoms with Crippen molar-refractivity contribution in [3.8, 4) is 0 Å². The predicted octanol–water partition coefficient (Wildman–Crippen LogP) is 2.64. The minimum absolute atomic E-state index is 0.640. The van der Waals surface area contributed by atoms with Gasteiger partial charge in [0.25, 0.3) is 0 Å². The van der Waals surface area contributed by atoms with Gasteiger partial charge in [0.05, 0.1) is 0 Å². The van der Waals surface area contributed by atoms with Gasteiger partial charge in [0.15, 0.2) is 0 Å². The smallest absolute Gasteiger partial charge is 0.0491 e. The van der Waals surface area contributed by atoms with Gasteiger partial charge in [-0.25, -0.2) is 0 Å². The normalized spacial score (nSPS) is 26.2. The molecule has 2 aliphatic rings. The third-order valence-corrected chi connectivity index (χ3v) is 5.21. The van der Waals surface area contributed by atoms with E-state index in [9.17, 15) is 0 Å². The SMILES string of the molecule is COCC1CCN(C(CN)C2CCCCCC2)CC1. The minimum Gasteiger partial charge on any atom is -0.384 e. The second-order valence-corrected chi connectivity index (χ2v) is 6.49. The number of likely N-dealkylation sites (tertiary alicyclic amines) is 1. The van der Waals surface area contributed by atoms with E-state index < -0.39 is 0 Å². The fourth-order valence-electron chi connectivity index (χ4n) is 4.02. The van der Waals surface area contributed by atoms with Gasteiger partial charge in [0.1, 0.15) is 0 Å². The van der Waals surface area contributed by atoms with Crippen molar-refractivity contribution < 1.29 is 4.74 Å². The topological polar surface area (TPSA) is 38.5 Å². The van der Waals surface area contributed by atoms with Crippen molar-refractivity contribution >= 4 is 0 Å².